The number of nitrogens with zero attached hydrogens (tertiary/aromatic N) is 3. The summed E-state index contributed by atoms with van der Waals surface area (Å²) in [4.78, 5) is 2.40. The second-order valence-corrected chi connectivity index (χ2v) is 8.45. The van der Waals surface area contributed by atoms with Crippen LogP contribution >= 0.6 is 31.9 Å². The third kappa shape index (κ3) is 4.25. The first-order valence-electron chi connectivity index (χ1n) is 8.74. The molecule has 0 amide bonds. The van der Waals surface area contributed by atoms with Crippen LogP contribution in [0.4, 0.5) is 5.69 Å². The van der Waals surface area contributed by atoms with Gasteiger partial charge in [-0.2, -0.15) is 5.10 Å². The molecule has 0 bridgehead atoms. The predicted octanol–water partition coefficient (Wildman–Crippen LogP) is 6.31. The van der Waals surface area contributed by atoms with E-state index in [2.05, 4.69) is 109 Å². The average molecular weight is 485 g/mol. The van der Waals surface area contributed by atoms with Crippen LogP contribution in [-0.2, 0) is 20.1 Å². The molecule has 0 saturated carbocycles. The van der Waals surface area contributed by atoms with Gasteiger partial charge in [0.2, 0.25) is 0 Å². The number of rotatable bonds is 5. The summed E-state index contributed by atoms with van der Waals surface area (Å²) in [5, 5.41) is 5.53. The molecule has 3 nitrogen and oxygen atoms in total. The summed E-state index contributed by atoms with van der Waals surface area (Å²) in [5.74, 6) is 0. The normalized spacial score (nSPS) is 11.1. The molecule has 0 atom stereocenters. The molecule has 136 valence electrons. The maximum atomic E-state index is 4.37. The number of fused-ring (bicyclic) bond motifs is 1. The van der Waals surface area contributed by atoms with Gasteiger partial charge >= 0.3 is 0 Å². The van der Waals surface area contributed by atoms with Crippen LogP contribution in [0.15, 0.2) is 81.9 Å². The minimum Gasteiger partial charge on any atom is -0.363 e. The van der Waals surface area contributed by atoms with Crippen molar-refractivity contribution in [3.8, 4) is 0 Å². The van der Waals surface area contributed by atoms with Gasteiger partial charge in [0.05, 0.1) is 11.7 Å². The van der Waals surface area contributed by atoms with Gasteiger partial charge in [-0.15, -0.1) is 0 Å². The Morgan fingerprint density at radius 2 is 1.37 bits per heavy atom. The highest BCUT2D eigenvalue weighted by Gasteiger charge is 2.11. The van der Waals surface area contributed by atoms with Gasteiger partial charge in [0.1, 0.15) is 0 Å². The van der Waals surface area contributed by atoms with E-state index in [1.807, 2.05) is 17.9 Å². The largest absolute Gasteiger partial charge is 0.363 e. The van der Waals surface area contributed by atoms with E-state index in [4.69, 9.17) is 0 Å². The van der Waals surface area contributed by atoms with Crippen molar-refractivity contribution in [3.05, 3.63) is 93.0 Å². The lowest BCUT2D eigenvalue weighted by atomic mass is 10.1. The maximum absolute atomic E-state index is 4.37. The topological polar surface area (TPSA) is 21.1 Å². The summed E-state index contributed by atoms with van der Waals surface area (Å²) in [6.07, 6.45) is 1.93. The van der Waals surface area contributed by atoms with Crippen LogP contribution in [-0.4, -0.2) is 9.78 Å². The first-order valence-corrected chi connectivity index (χ1v) is 10.3. The Morgan fingerprint density at radius 1 is 0.815 bits per heavy atom. The molecule has 0 N–H and O–H groups in total. The Hall–Kier alpha value is -2.11. The number of benzene rings is 3. The Morgan fingerprint density at radius 3 is 1.93 bits per heavy atom. The zero-order valence-corrected chi connectivity index (χ0v) is 18.1. The molecule has 0 aliphatic carbocycles. The van der Waals surface area contributed by atoms with Crippen molar-refractivity contribution in [2.24, 2.45) is 7.05 Å². The third-order valence-electron chi connectivity index (χ3n) is 4.67. The Bertz CT molecular complexity index is 1010. The molecular weight excluding hydrogens is 466 g/mol. The smallest absolute Gasteiger partial charge is 0.0680 e. The zero-order chi connectivity index (χ0) is 18.8. The maximum Gasteiger partial charge on any atom is 0.0680 e. The number of hydrogen-bond acceptors (Lipinski definition) is 2. The van der Waals surface area contributed by atoms with Crippen molar-refractivity contribution in [2.75, 3.05) is 4.90 Å². The Kier molecular flexibility index (Phi) is 5.32. The van der Waals surface area contributed by atoms with E-state index >= 15 is 0 Å². The van der Waals surface area contributed by atoms with Gasteiger partial charge in [-0.3, -0.25) is 4.68 Å². The van der Waals surface area contributed by atoms with Crippen molar-refractivity contribution >= 4 is 48.5 Å². The van der Waals surface area contributed by atoms with Crippen LogP contribution in [0.3, 0.4) is 0 Å². The van der Waals surface area contributed by atoms with Crippen molar-refractivity contribution in [1.82, 2.24) is 9.78 Å². The van der Waals surface area contributed by atoms with E-state index in [-0.39, 0.29) is 0 Å². The van der Waals surface area contributed by atoms with Gasteiger partial charge in [0.15, 0.2) is 0 Å². The fourth-order valence-electron chi connectivity index (χ4n) is 3.21. The Balaban J connectivity index is 1.68. The molecule has 0 radical (unpaired) electrons. The summed E-state index contributed by atoms with van der Waals surface area (Å²) < 4.78 is 4.11. The second-order valence-electron chi connectivity index (χ2n) is 6.62. The van der Waals surface area contributed by atoms with Crippen molar-refractivity contribution in [2.45, 2.75) is 13.1 Å². The minimum absolute atomic E-state index is 0.842. The fourth-order valence-corrected chi connectivity index (χ4v) is 3.74. The van der Waals surface area contributed by atoms with Crippen LogP contribution < -0.4 is 4.90 Å². The van der Waals surface area contributed by atoms with Crippen LogP contribution in [0, 0.1) is 0 Å². The van der Waals surface area contributed by atoms with Crippen LogP contribution in [0.2, 0.25) is 0 Å². The summed E-state index contributed by atoms with van der Waals surface area (Å²) in [6.45, 7) is 1.68. The van der Waals surface area contributed by atoms with E-state index in [1.54, 1.807) is 0 Å². The number of hydrogen-bond donors (Lipinski definition) is 0. The van der Waals surface area contributed by atoms with Crippen LogP contribution in [0.5, 0.6) is 0 Å². The van der Waals surface area contributed by atoms with E-state index in [1.165, 1.54) is 16.8 Å². The highest BCUT2D eigenvalue weighted by molar-refractivity contribution is 9.10. The van der Waals surface area contributed by atoms with E-state index < -0.39 is 0 Å². The molecule has 0 spiro atoms. The van der Waals surface area contributed by atoms with Crippen LogP contribution in [0.1, 0.15) is 11.1 Å². The van der Waals surface area contributed by atoms with Gasteiger partial charge in [-0.05, 0) is 53.6 Å². The summed E-state index contributed by atoms with van der Waals surface area (Å²) in [6, 6.07) is 23.6. The van der Waals surface area contributed by atoms with Gasteiger partial charge < -0.3 is 4.90 Å². The highest BCUT2D eigenvalue weighted by atomic mass is 79.9. The summed E-state index contributed by atoms with van der Waals surface area (Å²) in [5.41, 5.74) is 4.90. The lowest BCUT2D eigenvalue weighted by molar-refractivity contribution is 0.794. The van der Waals surface area contributed by atoms with Gasteiger partial charge in [0, 0.05) is 40.2 Å². The molecule has 0 saturated heterocycles. The lowest BCUT2D eigenvalue weighted by Gasteiger charge is -2.25. The number of aryl methyl sites for hydroxylation is 1. The first kappa shape index (κ1) is 18.3. The minimum atomic E-state index is 0.842. The summed E-state index contributed by atoms with van der Waals surface area (Å²) >= 11 is 7.04. The van der Waals surface area contributed by atoms with E-state index in [0.29, 0.717) is 0 Å². The van der Waals surface area contributed by atoms with E-state index in [9.17, 15) is 0 Å². The molecule has 3 aromatic carbocycles. The second kappa shape index (κ2) is 7.87. The van der Waals surface area contributed by atoms with Gasteiger partial charge in [-0.25, -0.2) is 0 Å². The molecule has 1 aromatic heterocycles. The molecule has 0 fully saturated rings. The molecule has 1 heterocycles. The monoisotopic (exact) mass is 483 g/mol. The summed E-state index contributed by atoms with van der Waals surface area (Å²) in [7, 11) is 1.98. The Labute approximate surface area is 175 Å². The predicted molar refractivity (Wildman–Crippen MR) is 119 cm³/mol. The molecule has 5 heteroatoms. The van der Waals surface area contributed by atoms with Gasteiger partial charge in [-0.1, -0.05) is 56.1 Å². The zero-order valence-electron chi connectivity index (χ0n) is 14.9. The molecule has 0 unspecified atom stereocenters. The van der Waals surface area contributed by atoms with Crippen LogP contribution in [0.25, 0.3) is 10.9 Å². The van der Waals surface area contributed by atoms with E-state index in [0.717, 1.165) is 32.9 Å². The first-order chi connectivity index (χ1) is 13.1. The lowest BCUT2D eigenvalue weighted by Crippen LogP contribution is -2.22. The third-order valence-corrected chi connectivity index (χ3v) is 5.73. The molecule has 4 rings (SSSR count). The van der Waals surface area contributed by atoms with Crippen molar-refractivity contribution in [3.63, 3.8) is 0 Å². The molecular formula is C22H19Br2N3. The number of anilines is 1. The molecule has 0 aliphatic rings. The van der Waals surface area contributed by atoms with Gasteiger partial charge in [0.25, 0.3) is 0 Å². The number of aromatic nitrogens is 2. The SMILES string of the molecule is Cn1ncc2cc(N(Cc3ccc(Br)cc3)Cc3ccc(Br)cc3)ccc21. The van der Waals surface area contributed by atoms with Crippen molar-refractivity contribution in [1.29, 1.82) is 0 Å². The fraction of sp³-hybridized carbons (Fsp3) is 0.136. The molecule has 4 aromatic rings. The highest BCUT2D eigenvalue weighted by Crippen LogP contribution is 2.26. The number of halogens is 2. The van der Waals surface area contributed by atoms with Crippen molar-refractivity contribution < 1.29 is 0 Å². The average Bonchev–Trinajstić information content (AvgIpc) is 3.05. The standard InChI is InChI=1S/C22H19Br2N3/c1-26-22-11-10-21(12-18(22)13-25-26)27(14-16-2-6-19(23)7-3-16)15-17-4-8-20(24)9-5-17/h2-13H,14-15H2,1H3. The quantitative estimate of drug-likeness (QED) is 0.331. The molecule has 27 heavy (non-hydrogen) atoms. The molecule has 0 aliphatic heterocycles.